The van der Waals surface area contributed by atoms with Crippen LogP contribution in [0.2, 0.25) is 0 Å². The predicted octanol–water partition coefficient (Wildman–Crippen LogP) is 1.29. The van der Waals surface area contributed by atoms with Crippen LogP contribution in [0.4, 0.5) is 0 Å². The third-order valence-corrected chi connectivity index (χ3v) is 3.27. The first kappa shape index (κ1) is 9.65. The smallest absolute Gasteiger partial charge is 0.0762 e. The second-order valence-electron chi connectivity index (χ2n) is 3.77. The van der Waals surface area contributed by atoms with E-state index in [1.54, 1.807) is 0 Å². The van der Waals surface area contributed by atoms with Crippen molar-refractivity contribution in [3.8, 4) is 0 Å². The Bertz CT molecular complexity index is 343. The lowest BCUT2D eigenvalue weighted by Gasteiger charge is -2.21. The molecule has 0 aliphatic heterocycles. The van der Waals surface area contributed by atoms with Crippen LogP contribution in [0.1, 0.15) is 24.6 Å². The minimum Gasteiger partial charge on any atom is -0.393 e. The third-order valence-electron chi connectivity index (χ3n) is 2.94. The molecule has 1 aromatic heterocycles. The fraction of sp³-hybridized carbons (Fsp3) is 0.600. The minimum atomic E-state index is 0.375. The average Bonchev–Trinajstić information content (AvgIpc) is 2.59. The molecule has 76 valence electrons. The summed E-state index contributed by atoms with van der Waals surface area (Å²) in [5.41, 5.74) is 8.39. The van der Waals surface area contributed by atoms with Gasteiger partial charge in [-0.2, -0.15) is 5.10 Å². The molecule has 0 bridgehead atoms. The van der Waals surface area contributed by atoms with Crippen molar-refractivity contribution in [2.75, 3.05) is 0 Å². The van der Waals surface area contributed by atoms with Gasteiger partial charge in [0.1, 0.15) is 0 Å². The van der Waals surface area contributed by atoms with Crippen LogP contribution in [0.15, 0.2) is 6.20 Å². The van der Waals surface area contributed by atoms with E-state index in [0.29, 0.717) is 10.9 Å². The summed E-state index contributed by atoms with van der Waals surface area (Å²) < 4.78 is 2.06. The topological polar surface area (TPSA) is 43.8 Å². The Morgan fingerprint density at radius 2 is 2.57 bits per heavy atom. The lowest BCUT2D eigenvalue weighted by Crippen LogP contribution is -2.28. The maximum Gasteiger partial charge on any atom is 0.0762 e. The summed E-state index contributed by atoms with van der Waals surface area (Å²) in [5, 5.41) is 4.34. The fourth-order valence-corrected chi connectivity index (χ4v) is 2.28. The number of nitrogens with two attached hydrogens (primary N) is 1. The zero-order chi connectivity index (χ0) is 10.1. The Morgan fingerprint density at radius 1 is 1.79 bits per heavy atom. The van der Waals surface area contributed by atoms with E-state index in [2.05, 4.69) is 16.7 Å². The van der Waals surface area contributed by atoms with Crippen LogP contribution in [-0.2, 0) is 19.4 Å². The highest BCUT2D eigenvalue weighted by Crippen LogP contribution is 2.25. The highest BCUT2D eigenvalue weighted by Gasteiger charge is 2.23. The van der Waals surface area contributed by atoms with E-state index >= 15 is 0 Å². The molecule has 1 aliphatic carbocycles. The van der Waals surface area contributed by atoms with Gasteiger partial charge in [0.25, 0.3) is 0 Å². The summed E-state index contributed by atoms with van der Waals surface area (Å²) in [6.45, 7) is 3.04. The molecule has 0 saturated heterocycles. The zero-order valence-electron chi connectivity index (χ0n) is 8.36. The molecular formula is C10H15N3S. The molecule has 0 amide bonds. The van der Waals surface area contributed by atoms with Gasteiger partial charge < -0.3 is 5.73 Å². The molecule has 14 heavy (non-hydrogen) atoms. The molecular weight excluding hydrogens is 194 g/mol. The van der Waals surface area contributed by atoms with Crippen LogP contribution < -0.4 is 5.73 Å². The standard InChI is InChI=1S/C10H15N3S/c1-2-13-9-5-7(10(11)14)3-4-8(9)6-12-13/h6-7H,2-5H2,1H3,(H2,11,14)/t7-/m0/s1. The molecule has 2 rings (SSSR count). The van der Waals surface area contributed by atoms with Gasteiger partial charge >= 0.3 is 0 Å². The van der Waals surface area contributed by atoms with Gasteiger partial charge in [0.05, 0.1) is 11.2 Å². The maximum atomic E-state index is 5.69. The number of aryl methyl sites for hydroxylation is 2. The number of rotatable bonds is 2. The van der Waals surface area contributed by atoms with Gasteiger partial charge in [-0.25, -0.2) is 0 Å². The highest BCUT2D eigenvalue weighted by atomic mass is 32.1. The molecule has 0 spiro atoms. The van der Waals surface area contributed by atoms with E-state index in [-0.39, 0.29) is 0 Å². The van der Waals surface area contributed by atoms with Crippen LogP contribution in [0, 0.1) is 5.92 Å². The summed E-state index contributed by atoms with van der Waals surface area (Å²) >= 11 is 5.05. The quantitative estimate of drug-likeness (QED) is 0.747. The number of thiocarbonyl (C=S) groups is 1. The molecule has 1 aliphatic rings. The molecule has 0 unspecified atom stereocenters. The highest BCUT2D eigenvalue weighted by molar-refractivity contribution is 7.80. The molecule has 1 atom stereocenters. The van der Waals surface area contributed by atoms with Crippen molar-refractivity contribution in [3.63, 3.8) is 0 Å². The van der Waals surface area contributed by atoms with Crippen LogP contribution in [0.25, 0.3) is 0 Å². The average molecular weight is 209 g/mol. The Hall–Kier alpha value is -0.900. The molecule has 2 N–H and O–H groups in total. The SMILES string of the molecule is CCn1ncc2c1C[C@@H](C(N)=S)CC2. The molecule has 0 fully saturated rings. The number of hydrogen-bond acceptors (Lipinski definition) is 2. The zero-order valence-corrected chi connectivity index (χ0v) is 9.18. The number of nitrogens with zero attached hydrogens (tertiary/aromatic N) is 2. The lowest BCUT2D eigenvalue weighted by molar-refractivity contribution is 0.532. The second-order valence-corrected chi connectivity index (χ2v) is 4.25. The molecule has 1 heterocycles. The Balaban J connectivity index is 2.27. The van der Waals surface area contributed by atoms with E-state index < -0.39 is 0 Å². The van der Waals surface area contributed by atoms with E-state index in [4.69, 9.17) is 18.0 Å². The molecule has 1 aromatic rings. The molecule has 0 radical (unpaired) electrons. The van der Waals surface area contributed by atoms with Gasteiger partial charge in [-0.1, -0.05) is 12.2 Å². The monoisotopic (exact) mass is 209 g/mol. The maximum absolute atomic E-state index is 5.69. The summed E-state index contributed by atoms with van der Waals surface area (Å²) in [7, 11) is 0. The number of aromatic nitrogens is 2. The van der Waals surface area contributed by atoms with Crippen LogP contribution in [-0.4, -0.2) is 14.8 Å². The summed E-state index contributed by atoms with van der Waals surface area (Å²) in [5.74, 6) is 0.375. The van der Waals surface area contributed by atoms with Gasteiger partial charge in [0.15, 0.2) is 0 Å². The summed E-state index contributed by atoms with van der Waals surface area (Å²) in [6, 6.07) is 0. The van der Waals surface area contributed by atoms with Crippen LogP contribution >= 0.6 is 12.2 Å². The number of hydrogen-bond donors (Lipinski definition) is 1. The van der Waals surface area contributed by atoms with Gasteiger partial charge in [-0.15, -0.1) is 0 Å². The van der Waals surface area contributed by atoms with E-state index in [9.17, 15) is 0 Å². The third kappa shape index (κ3) is 1.54. The van der Waals surface area contributed by atoms with Crippen molar-refractivity contribution in [1.29, 1.82) is 0 Å². The van der Waals surface area contributed by atoms with Gasteiger partial charge in [0.2, 0.25) is 0 Å². The van der Waals surface area contributed by atoms with Crippen molar-refractivity contribution < 1.29 is 0 Å². The first-order valence-electron chi connectivity index (χ1n) is 5.05. The first-order valence-corrected chi connectivity index (χ1v) is 5.46. The largest absolute Gasteiger partial charge is 0.393 e. The normalized spacial score (nSPS) is 20.5. The van der Waals surface area contributed by atoms with Crippen molar-refractivity contribution in [3.05, 3.63) is 17.5 Å². The Morgan fingerprint density at radius 3 is 3.21 bits per heavy atom. The van der Waals surface area contributed by atoms with E-state index in [0.717, 1.165) is 25.8 Å². The molecule has 4 heteroatoms. The van der Waals surface area contributed by atoms with E-state index in [1.165, 1.54) is 11.3 Å². The van der Waals surface area contributed by atoms with Crippen LogP contribution in [0.3, 0.4) is 0 Å². The van der Waals surface area contributed by atoms with Gasteiger partial charge in [-0.3, -0.25) is 4.68 Å². The minimum absolute atomic E-state index is 0.375. The predicted molar refractivity (Wildman–Crippen MR) is 60.2 cm³/mol. The van der Waals surface area contributed by atoms with Gasteiger partial charge in [0, 0.05) is 18.2 Å². The summed E-state index contributed by atoms with van der Waals surface area (Å²) in [6.07, 6.45) is 5.10. The van der Waals surface area contributed by atoms with Crippen molar-refractivity contribution in [2.45, 2.75) is 32.7 Å². The fourth-order valence-electron chi connectivity index (χ4n) is 2.08. The first-order chi connectivity index (χ1) is 6.72. The lowest BCUT2D eigenvalue weighted by atomic mass is 9.88. The van der Waals surface area contributed by atoms with Crippen LogP contribution in [0.5, 0.6) is 0 Å². The molecule has 3 nitrogen and oxygen atoms in total. The molecule has 0 aromatic carbocycles. The van der Waals surface area contributed by atoms with Gasteiger partial charge in [-0.05, 0) is 31.7 Å². The van der Waals surface area contributed by atoms with Crippen molar-refractivity contribution in [2.24, 2.45) is 11.7 Å². The number of fused-ring (bicyclic) bond motifs is 1. The van der Waals surface area contributed by atoms with Crippen molar-refractivity contribution in [1.82, 2.24) is 9.78 Å². The van der Waals surface area contributed by atoms with Crippen molar-refractivity contribution >= 4 is 17.2 Å². The Labute approximate surface area is 89.3 Å². The molecule has 0 saturated carbocycles. The summed E-state index contributed by atoms with van der Waals surface area (Å²) in [4.78, 5) is 0.652. The second kappa shape index (κ2) is 3.69. The van der Waals surface area contributed by atoms with E-state index in [1.807, 2.05) is 6.20 Å². The Kier molecular flexibility index (Phi) is 2.54.